The first kappa shape index (κ1) is 25.7. The van der Waals surface area contributed by atoms with Crippen LogP contribution in [0.1, 0.15) is 113 Å². The molecule has 0 heterocycles. The largest absolute Gasteiger partial charge is 0.330 e. The Morgan fingerprint density at radius 3 is 2.00 bits per heavy atom. The van der Waals surface area contributed by atoms with E-state index >= 15 is 0 Å². The van der Waals surface area contributed by atoms with Crippen molar-refractivity contribution in [2.75, 3.05) is 6.54 Å². The molecule has 1 heteroatoms. The van der Waals surface area contributed by atoms with Crippen LogP contribution in [-0.2, 0) is 0 Å². The topological polar surface area (TPSA) is 26.0 Å². The van der Waals surface area contributed by atoms with E-state index < -0.39 is 0 Å². The van der Waals surface area contributed by atoms with Crippen LogP contribution >= 0.6 is 0 Å². The summed E-state index contributed by atoms with van der Waals surface area (Å²) in [7, 11) is 0. The molecule has 0 spiro atoms. The van der Waals surface area contributed by atoms with Gasteiger partial charge in [0.25, 0.3) is 0 Å². The first-order valence-electron chi connectivity index (χ1n) is 11.5. The summed E-state index contributed by atoms with van der Waals surface area (Å²) in [6.45, 7) is 21.9. The van der Waals surface area contributed by atoms with Crippen molar-refractivity contribution < 1.29 is 0 Å². The highest BCUT2D eigenvalue weighted by atomic mass is 14.5. The summed E-state index contributed by atoms with van der Waals surface area (Å²) in [5.74, 6) is 2.11. The van der Waals surface area contributed by atoms with Crippen LogP contribution in [0.15, 0.2) is 12.7 Å². The second-order valence-electron chi connectivity index (χ2n) is 9.71. The van der Waals surface area contributed by atoms with E-state index in [0.29, 0.717) is 22.7 Å². The van der Waals surface area contributed by atoms with E-state index in [1.54, 1.807) is 0 Å². The van der Waals surface area contributed by atoms with Gasteiger partial charge in [-0.15, -0.1) is 6.58 Å². The van der Waals surface area contributed by atoms with Crippen molar-refractivity contribution in [3.63, 3.8) is 0 Å². The smallest absolute Gasteiger partial charge is 0.00771 e. The van der Waals surface area contributed by atoms with Crippen LogP contribution in [0.3, 0.4) is 0 Å². The van der Waals surface area contributed by atoms with Crippen molar-refractivity contribution in [3.05, 3.63) is 12.7 Å². The zero-order valence-corrected chi connectivity index (χ0v) is 19.4. The Balaban J connectivity index is 5.28. The summed E-state index contributed by atoms with van der Waals surface area (Å²) in [5.41, 5.74) is 6.68. The summed E-state index contributed by atoms with van der Waals surface area (Å²) in [6, 6.07) is 0. The maximum Gasteiger partial charge on any atom is -0.00771 e. The molecule has 0 aliphatic rings. The lowest BCUT2D eigenvalue weighted by atomic mass is 9.54. The number of hydrogen-bond donors (Lipinski definition) is 1. The minimum absolute atomic E-state index is 0.343. The van der Waals surface area contributed by atoms with Gasteiger partial charge in [0.1, 0.15) is 0 Å². The number of rotatable bonds is 16. The van der Waals surface area contributed by atoms with Crippen molar-refractivity contribution in [2.45, 2.75) is 113 Å². The van der Waals surface area contributed by atoms with Gasteiger partial charge in [0, 0.05) is 0 Å². The highest BCUT2D eigenvalue weighted by Gasteiger charge is 2.45. The van der Waals surface area contributed by atoms with Gasteiger partial charge in [-0.3, -0.25) is 0 Å². The summed E-state index contributed by atoms with van der Waals surface area (Å²) < 4.78 is 0. The molecule has 3 atom stereocenters. The van der Waals surface area contributed by atoms with Crippen LogP contribution in [0.25, 0.3) is 0 Å². The highest BCUT2D eigenvalue weighted by Crippen LogP contribution is 2.54. The highest BCUT2D eigenvalue weighted by molar-refractivity contribution is 4.96. The lowest BCUT2D eigenvalue weighted by molar-refractivity contribution is -0.0107. The quantitative estimate of drug-likeness (QED) is 0.217. The fourth-order valence-electron chi connectivity index (χ4n) is 4.88. The van der Waals surface area contributed by atoms with Gasteiger partial charge in [-0.1, -0.05) is 86.6 Å². The standard InChI is InChI=1S/C25H51N/c1-9-12-13-15-22(6)23(11-3)16-19-25(17-10-2,18-14-20-26)24(7,8)21(4)5/h11,21-23H,3,9-10,12-20,26H2,1-2,4-8H3. The summed E-state index contributed by atoms with van der Waals surface area (Å²) in [6.07, 6.45) is 15.3. The third-order valence-electron chi connectivity index (χ3n) is 7.65. The van der Waals surface area contributed by atoms with Crippen molar-refractivity contribution >= 4 is 0 Å². The molecule has 0 radical (unpaired) electrons. The number of unbranched alkanes of at least 4 members (excludes halogenated alkanes) is 2. The van der Waals surface area contributed by atoms with E-state index in [2.05, 4.69) is 61.1 Å². The van der Waals surface area contributed by atoms with Gasteiger partial charge in [-0.25, -0.2) is 0 Å². The van der Waals surface area contributed by atoms with Crippen LogP contribution in [-0.4, -0.2) is 6.54 Å². The second kappa shape index (κ2) is 13.0. The van der Waals surface area contributed by atoms with E-state index in [9.17, 15) is 0 Å². The van der Waals surface area contributed by atoms with E-state index in [0.717, 1.165) is 18.9 Å². The predicted octanol–water partition coefficient (Wildman–Crippen LogP) is 7.99. The molecule has 0 aliphatic carbocycles. The van der Waals surface area contributed by atoms with E-state index in [-0.39, 0.29) is 0 Å². The van der Waals surface area contributed by atoms with E-state index in [4.69, 9.17) is 5.73 Å². The molecule has 26 heavy (non-hydrogen) atoms. The van der Waals surface area contributed by atoms with Crippen LogP contribution in [0, 0.1) is 28.6 Å². The Morgan fingerprint density at radius 1 is 0.885 bits per heavy atom. The average molecular weight is 366 g/mol. The van der Waals surface area contributed by atoms with Crippen LogP contribution < -0.4 is 5.73 Å². The molecule has 0 amide bonds. The molecule has 0 bridgehead atoms. The van der Waals surface area contributed by atoms with Gasteiger partial charge in [-0.05, 0) is 67.2 Å². The maximum absolute atomic E-state index is 5.93. The molecular weight excluding hydrogens is 314 g/mol. The number of hydrogen-bond acceptors (Lipinski definition) is 1. The number of nitrogens with two attached hydrogens (primary N) is 1. The third-order valence-corrected chi connectivity index (χ3v) is 7.65. The first-order valence-corrected chi connectivity index (χ1v) is 11.5. The molecule has 0 saturated carbocycles. The Bertz CT molecular complexity index is 357. The molecule has 3 unspecified atom stereocenters. The van der Waals surface area contributed by atoms with Crippen LogP contribution in [0.4, 0.5) is 0 Å². The van der Waals surface area contributed by atoms with E-state index in [1.807, 2.05) is 0 Å². The Kier molecular flexibility index (Phi) is 12.8. The summed E-state index contributed by atoms with van der Waals surface area (Å²) in [5, 5.41) is 0. The molecule has 0 fully saturated rings. The van der Waals surface area contributed by atoms with Gasteiger partial charge in [-0.2, -0.15) is 0 Å². The van der Waals surface area contributed by atoms with Gasteiger partial charge in [0.2, 0.25) is 0 Å². The molecular formula is C25H51N. The van der Waals surface area contributed by atoms with Crippen molar-refractivity contribution in [1.82, 2.24) is 0 Å². The molecule has 1 nitrogen and oxygen atoms in total. The maximum atomic E-state index is 5.93. The van der Waals surface area contributed by atoms with Gasteiger partial charge >= 0.3 is 0 Å². The molecule has 0 aromatic carbocycles. The fraction of sp³-hybridized carbons (Fsp3) is 0.920. The lowest BCUT2D eigenvalue weighted by Gasteiger charge is -2.51. The Labute approximate surface area is 166 Å². The monoisotopic (exact) mass is 365 g/mol. The summed E-state index contributed by atoms with van der Waals surface area (Å²) >= 11 is 0. The van der Waals surface area contributed by atoms with Gasteiger partial charge < -0.3 is 5.73 Å². The second-order valence-corrected chi connectivity index (χ2v) is 9.71. The van der Waals surface area contributed by atoms with Crippen molar-refractivity contribution in [3.8, 4) is 0 Å². The van der Waals surface area contributed by atoms with Crippen molar-refractivity contribution in [2.24, 2.45) is 34.3 Å². The molecule has 0 aromatic rings. The minimum atomic E-state index is 0.343. The summed E-state index contributed by atoms with van der Waals surface area (Å²) in [4.78, 5) is 0. The first-order chi connectivity index (χ1) is 12.2. The fourth-order valence-corrected chi connectivity index (χ4v) is 4.88. The molecule has 0 aliphatic heterocycles. The molecule has 156 valence electrons. The zero-order valence-electron chi connectivity index (χ0n) is 19.4. The predicted molar refractivity (Wildman–Crippen MR) is 120 cm³/mol. The Hall–Kier alpha value is -0.300. The molecule has 2 N–H and O–H groups in total. The van der Waals surface area contributed by atoms with Crippen molar-refractivity contribution in [1.29, 1.82) is 0 Å². The molecule has 0 aromatic heterocycles. The van der Waals surface area contributed by atoms with Gasteiger partial charge in [0.15, 0.2) is 0 Å². The van der Waals surface area contributed by atoms with Crippen LogP contribution in [0.2, 0.25) is 0 Å². The average Bonchev–Trinajstić information content (AvgIpc) is 2.59. The Morgan fingerprint density at radius 2 is 1.54 bits per heavy atom. The minimum Gasteiger partial charge on any atom is -0.330 e. The zero-order chi connectivity index (χ0) is 20.2. The normalized spacial score (nSPS) is 17.1. The molecule has 0 rings (SSSR count). The molecule has 0 saturated heterocycles. The van der Waals surface area contributed by atoms with Gasteiger partial charge in [0.05, 0.1) is 0 Å². The number of allylic oxidation sites excluding steroid dienone is 1. The van der Waals surface area contributed by atoms with Crippen LogP contribution in [0.5, 0.6) is 0 Å². The third kappa shape index (κ3) is 7.37. The lowest BCUT2D eigenvalue weighted by Crippen LogP contribution is -2.42. The SMILES string of the molecule is C=CC(CCC(CCC)(CCCN)C(C)(C)C(C)C)C(C)CCCCC. The van der Waals surface area contributed by atoms with E-state index in [1.165, 1.54) is 57.8 Å².